The largest absolute Gasteiger partial charge is 0.381 e. The summed E-state index contributed by atoms with van der Waals surface area (Å²) in [5.41, 5.74) is 1.52. The first kappa shape index (κ1) is 22.7. The van der Waals surface area contributed by atoms with Crippen molar-refractivity contribution in [2.75, 3.05) is 40.0 Å². The van der Waals surface area contributed by atoms with Crippen LogP contribution in [0.25, 0.3) is 0 Å². The standard InChI is InChI=1S/C20H30ClN3O2.HI/c1-22-19(23-10-3-11-26-18-6-12-25-13-7-18)24-15-20(8-9-20)16-4-2-5-17(21)14-16;/h2,4-5,14,18H,3,6-13,15H2,1H3,(H2,22,23,24);1H. The van der Waals surface area contributed by atoms with Crippen molar-refractivity contribution >= 4 is 41.5 Å². The van der Waals surface area contributed by atoms with Gasteiger partial charge in [-0.1, -0.05) is 23.7 Å². The van der Waals surface area contributed by atoms with Crippen molar-refractivity contribution in [2.45, 2.75) is 43.6 Å². The normalized spacial score (nSPS) is 19.3. The zero-order valence-electron chi connectivity index (χ0n) is 16.0. The summed E-state index contributed by atoms with van der Waals surface area (Å²) in [6, 6.07) is 8.21. The maximum atomic E-state index is 6.15. The van der Waals surface area contributed by atoms with E-state index in [0.717, 1.165) is 63.2 Å². The molecule has 2 aliphatic rings. The van der Waals surface area contributed by atoms with Gasteiger partial charge in [0.05, 0.1) is 6.10 Å². The minimum Gasteiger partial charge on any atom is -0.381 e. The van der Waals surface area contributed by atoms with E-state index in [2.05, 4.69) is 27.8 Å². The summed E-state index contributed by atoms with van der Waals surface area (Å²) in [5, 5.41) is 7.65. The number of aliphatic imine (C=N–C) groups is 1. The lowest BCUT2D eigenvalue weighted by Crippen LogP contribution is -2.41. The highest BCUT2D eigenvalue weighted by Crippen LogP contribution is 2.48. The number of halogens is 2. The Bertz CT molecular complexity index is 605. The molecule has 2 fully saturated rings. The molecule has 1 aliphatic heterocycles. The minimum atomic E-state index is 0. The molecule has 1 saturated carbocycles. The molecule has 0 aromatic heterocycles. The highest BCUT2D eigenvalue weighted by molar-refractivity contribution is 14.0. The molecule has 27 heavy (non-hydrogen) atoms. The van der Waals surface area contributed by atoms with E-state index in [1.54, 1.807) is 0 Å². The second-order valence-corrected chi connectivity index (χ2v) is 7.62. The molecule has 0 bridgehead atoms. The number of guanidine groups is 1. The first-order chi connectivity index (χ1) is 12.7. The predicted molar refractivity (Wildman–Crippen MR) is 122 cm³/mol. The second kappa shape index (κ2) is 11.4. The van der Waals surface area contributed by atoms with E-state index in [9.17, 15) is 0 Å². The molecule has 1 aromatic rings. The van der Waals surface area contributed by atoms with Crippen LogP contribution in [0, 0.1) is 0 Å². The van der Waals surface area contributed by atoms with Gasteiger partial charge in [-0.05, 0) is 49.8 Å². The van der Waals surface area contributed by atoms with Crippen LogP contribution < -0.4 is 10.6 Å². The van der Waals surface area contributed by atoms with Crippen LogP contribution in [0.1, 0.15) is 37.7 Å². The number of nitrogens with zero attached hydrogens (tertiary/aromatic N) is 1. The monoisotopic (exact) mass is 507 g/mol. The van der Waals surface area contributed by atoms with E-state index < -0.39 is 0 Å². The maximum absolute atomic E-state index is 6.15. The van der Waals surface area contributed by atoms with Crippen LogP contribution in [0.4, 0.5) is 0 Å². The molecule has 1 saturated heterocycles. The Balaban J connectivity index is 0.00000261. The molecule has 1 heterocycles. The van der Waals surface area contributed by atoms with Crippen LogP contribution >= 0.6 is 35.6 Å². The number of benzene rings is 1. The molecule has 0 unspecified atom stereocenters. The summed E-state index contributed by atoms with van der Waals surface area (Å²) in [6.07, 6.45) is 5.75. The third-order valence-corrected chi connectivity index (χ3v) is 5.48. The Labute approximate surface area is 184 Å². The molecule has 0 radical (unpaired) electrons. The van der Waals surface area contributed by atoms with Crippen LogP contribution in [-0.2, 0) is 14.9 Å². The molecule has 0 atom stereocenters. The predicted octanol–water partition coefficient (Wildman–Crippen LogP) is 3.74. The summed E-state index contributed by atoms with van der Waals surface area (Å²) >= 11 is 6.15. The van der Waals surface area contributed by atoms with Gasteiger partial charge in [-0.15, -0.1) is 24.0 Å². The van der Waals surface area contributed by atoms with E-state index in [1.165, 1.54) is 18.4 Å². The topological polar surface area (TPSA) is 54.9 Å². The number of nitrogens with one attached hydrogen (secondary N) is 2. The van der Waals surface area contributed by atoms with E-state index >= 15 is 0 Å². The molecule has 1 aromatic carbocycles. The van der Waals surface area contributed by atoms with Crippen LogP contribution in [0.5, 0.6) is 0 Å². The molecule has 0 amide bonds. The molecule has 5 nitrogen and oxygen atoms in total. The van der Waals surface area contributed by atoms with E-state index in [-0.39, 0.29) is 29.4 Å². The van der Waals surface area contributed by atoms with Crippen LogP contribution in [-0.4, -0.2) is 52.0 Å². The number of ether oxygens (including phenoxy) is 2. The first-order valence-electron chi connectivity index (χ1n) is 9.62. The SMILES string of the molecule is CN=C(NCCCOC1CCOCC1)NCC1(c2cccc(Cl)c2)CC1.I. The highest BCUT2D eigenvalue weighted by atomic mass is 127. The van der Waals surface area contributed by atoms with Crippen molar-refractivity contribution in [3.05, 3.63) is 34.9 Å². The van der Waals surface area contributed by atoms with Gasteiger partial charge in [0.2, 0.25) is 0 Å². The van der Waals surface area contributed by atoms with E-state index in [0.29, 0.717) is 6.10 Å². The lowest BCUT2D eigenvalue weighted by atomic mass is 9.96. The fourth-order valence-corrected chi connectivity index (χ4v) is 3.57. The van der Waals surface area contributed by atoms with Crippen molar-refractivity contribution in [1.82, 2.24) is 10.6 Å². The van der Waals surface area contributed by atoms with Crippen LogP contribution in [0.15, 0.2) is 29.3 Å². The van der Waals surface area contributed by atoms with Gasteiger partial charge in [-0.25, -0.2) is 0 Å². The van der Waals surface area contributed by atoms with Gasteiger partial charge in [0, 0.05) is 50.4 Å². The number of hydrogen-bond acceptors (Lipinski definition) is 3. The molecule has 7 heteroatoms. The van der Waals surface area contributed by atoms with Gasteiger partial charge in [-0.3, -0.25) is 4.99 Å². The molecule has 1 aliphatic carbocycles. The number of hydrogen-bond donors (Lipinski definition) is 2. The Morgan fingerprint density at radius 1 is 1.30 bits per heavy atom. The fourth-order valence-electron chi connectivity index (χ4n) is 3.38. The van der Waals surface area contributed by atoms with Gasteiger partial charge in [0.15, 0.2) is 5.96 Å². The van der Waals surface area contributed by atoms with Crippen molar-refractivity contribution < 1.29 is 9.47 Å². The quantitative estimate of drug-likeness (QED) is 0.244. The van der Waals surface area contributed by atoms with Crippen molar-refractivity contribution in [1.29, 1.82) is 0 Å². The van der Waals surface area contributed by atoms with Gasteiger partial charge < -0.3 is 20.1 Å². The third-order valence-electron chi connectivity index (χ3n) is 5.24. The minimum absolute atomic E-state index is 0. The average Bonchev–Trinajstić information content (AvgIpc) is 3.46. The van der Waals surface area contributed by atoms with Crippen molar-refractivity contribution in [3.63, 3.8) is 0 Å². The fraction of sp³-hybridized carbons (Fsp3) is 0.650. The van der Waals surface area contributed by atoms with E-state index in [4.69, 9.17) is 21.1 Å². The van der Waals surface area contributed by atoms with Gasteiger partial charge >= 0.3 is 0 Å². The second-order valence-electron chi connectivity index (χ2n) is 7.18. The van der Waals surface area contributed by atoms with Crippen molar-refractivity contribution in [3.8, 4) is 0 Å². The lowest BCUT2D eigenvalue weighted by molar-refractivity contribution is -0.0320. The van der Waals surface area contributed by atoms with Gasteiger partial charge in [0.1, 0.15) is 0 Å². The first-order valence-corrected chi connectivity index (χ1v) is 10.00. The summed E-state index contributed by atoms with van der Waals surface area (Å²) in [5.74, 6) is 0.851. The summed E-state index contributed by atoms with van der Waals surface area (Å²) in [7, 11) is 1.81. The summed E-state index contributed by atoms with van der Waals surface area (Å²) in [6.45, 7) is 4.17. The molecule has 3 rings (SSSR count). The average molecular weight is 508 g/mol. The molecular formula is C20H31ClIN3O2. The molecule has 152 valence electrons. The van der Waals surface area contributed by atoms with Gasteiger partial charge in [-0.2, -0.15) is 0 Å². The Morgan fingerprint density at radius 3 is 2.74 bits per heavy atom. The van der Waals surface area contributed by atoms with Gasteiger partial charge in [0.25, 0.3) is 0 Å². The maximum Gasteiger partial charge on any atom is 0.191 e. The highest BCUT2D eigenvalue weighted by Gasteiger charge is 2.44. The molecule has 0 spiro atoms. The molecular weight excluding hydrogens is 477 g/mol. The summed E-state index contributed by atoms with van der Waals surface area (Å²) in [4.78, 5) is 4.33. The molecule has 2 N–H and O–H groups in total. The zero-order valence-corrected chi connectivity index (χ0v) is 19.1. The Kier molecular flexibility index (Phi) is 9.62. The third kappa shape index (κ3) is 7.07. The summed E-state index contributed by atoms with van der Waals surface area (Å²) < 4.78 is 11.2. The zero-order chi connectivity index (χ0) is 18.2. The lowest BCUT2D eigenvalue weighted by Gasteiger charge is -2.22. The Morgan fingerprint density at radius 2 is 2.07 bits per heavy atom. The Hall–Kier alpha value is -0.570. The smallest absolute Gasteiger partial charge is 0.191 e. The van der Waals surface area contributed by atoms with Crippen LogP contribution in [0.2, 0.25) is 5.02 Å². The number of rotatable bonds is 8. The van der Waals surface area contributed by atoms with E-state index in [1.807, 2.05) is 19.2 Å². The van der Waals surface area contributed by atoms with Crippen LogP contribution in [0.3, 0.4) is 0 Å². The van der Waals surface area contributed by atoms with Crippen molar-refractivity contribution in [2.24, 2.45) is 4.99 Å².